The smallest absolute Gasteiger partial charge is 0.222 e. The Morgan fingerprint density at radius 1 is 1.33 bits per heavy atom. The molecule has 5 heteroatoms. The predicted octanol–water partition coefficient (Wildman–Crippen LogP) is 3.16. The monoisotopic (exact) mass is 303 g/mol. The van der Waals surface area contributed by atoms with Crippen LogP contribution in [0.5, 0.6) is 0 Å². The van der Waals surface area contributed by atoms with E-state index in [1.807, 2.05) is 37.3 Å². The van der Waals surface area contributed by atoms with Gasteiger partial charge in [-0.1, -0.05) is 23.7 Å². The minimum atomic E-state index is 0.00559. The molecule has 4 nitrogen and oxygen atoms in total. The topological polar surface area (TPSA) is 54.0 Å². The van der Waals surface area contributed by atoms with Gasteiger partial charge >= 0.3 is 0 Å². The van der Waals surface area contributed by atoms with E-state index in [0.717, 1.165) is 16.8 Å². The second-order valence-electron chi connectivity index (χ2n) is 4.77. The molecule has 0 aliphatic rings. The van der Waals surface area contributed by atoms with Crippen molar-refractivity contribution < 1.29 is 4.79 Å². The van der Waals surface area contributed by atoms with Gasteiger partial charge in [-0.25, -0.2) is 0 Å². The minimum Gasteiger partial charge on any atom is -0.384 e. The Hall–Kier alpha value is -2.07. The summed E-state index contributed by atoms with van der Waals surface area (Å²) in [6, 6.07) is 9.45. The molecular weight excluding hydrogens is 286 g/mol. The number of hydrogen-bond donors (Lipinski definition) is 2. The fourth-order valence-corrected chi connectivity index (χ4v) is 2.06. The maximum atomic E-state index is 11.8. The average Bonchev–Trinajstić information content (AvgIpc) is 2.50. The lowest BCUT2D eigenvalue weighted by Crippen LogP contribution is -2.25. The van der Waals surface area contributed by atoms with E-state index in [9.17, 15) is 4.79 Å². The molecule has 0 unspecified atom stereocenters. The molecule has 0 bridgehead atoms. The number of pyridine rings is 1. The van der Waals surface area contributed by atoms with Crippen LogP contribution in [-0.4, -0.2) is 17.4 Å². The average molecular weight is 304 g/mol. The number of halogens is 1. The Balaban J connectivity index is 1.73. The van der Waals surface area contributed by atoms with Crippen molar-refractivity contribution in [3.05, 3.63) is 58.9 Å². The summed E-state index contributed by atoms with van der Waals surface area (Å²) in [6.45, 7) is 3.07. The summed E-state index contributed by atoms with van der Waals surface area (Å²) in [4.78, 5) is 15.8. The van der Waals surface area contributed by atoms with Gasteiger partial charge in [0.15, 0.2) is 0 Å². The van der Waals surface area contributed by atoms with E-state index >= 15 is 0 Å². The lowest BCUT2D eigenvalue weighted by molar-refractivity contribution is -0.121. The Bertz CT molecular complexity index is 602. The van der Waals surface area contributed by atoms with Gasteiger partial charge in [0, 0.05) is 42.6 Å². The number of carbonyl (C=O) groups excluding carboxylic acids is 1. The molecule has 0 aliphatic carbocycles. The molecule has 0 spiro atoms. The lowest BCUT2D eigenvalue weighted by atomic mass is 10.2. The van der Waals surface area contributed by atoms with Crippen LogP contribution in [0.2, 0.25) is 5.02 Å². The van der Waals surface area contributed by atoms with Crippen LogP contribution in [-0.2, 0) is 11.3 Å². The molecule has 0 saturated carbocycles. The van der Waals surface area contributed by atoms with Crippen LogP contribution in [0.3, 0.4) is 0 Å². The number of hydrogen-bond acceptors (Lipinski definition) is 3. The Morgan fingerprint density at radius 2 is 2.19 bits per heavy atom. The summed E-state index contributed by atoms with van der Waals surface area (Å²) in [5.74, 6) is 0.00559. The summed E-state index contributed by atoms with van der Waals surface area (Å²) in [5, 5.41) is 6.78. The molecule has 21 heavy (non-hydrogen) atoms. The highest BCUT2D eigenvalue weighted by Gasteiger charge is 2.03. The predicted molar refractivity (Wildman–Crippen MR) is 85.4 cm³/mol. The van der Waals surface area contributed by atoms with Crippen molar-refractivity contribution in [1.82, 2.24) is 10.3 Å². The summed E-state index contributed by atoms with van der Waals surface area (Å²) in [5.41, 5.74) is 3.06. The van der Waals surface area contributed by atoms with E-state index in [-0.39, 0.29) is 5.91 Å². The summed E-state index contributed by atoms with van der Waals surface area (Å²) < 4.78 is 0. The van der Waals surface area contributed by atoms with E-state index in [1.54, 1.807) is 12.4 Å². The molecule has 0 fully saturated rings. The van der Waals surface area contributed by atoms with Gasteiger partial charge in [-0.05, 0) is 36.2 Å². The molecule has 110 valence electrons. The van der Waals surface area contributed by atoms with Crippen LogP contribution < -0.4 is 10.6 Å². The van der Waals surface area contributed by atoms with Gasteiger partial charge in [0.25, 0.3) is 0 Å². The molecule has 0 saturated heterocycles. The largest absolute Gasteiger partial charge is 0.384 e. The highest BCUT2D eigenvalue weighted by Crippen LogP contribution is 2.19. The molecule has 0 atom stereocenters. The molecule has 2 rings (SSSR count). The van der Waals surface area contributed by atoms with E-state index in [1.165, 1.54) is 0 Å². The molecular formula is C16H18ClN3O. The third-order valence-electron chi connectivity index (χ3n) is 3.08. The molecule has 2 aromatic rings. The fourth-order valence-electron chi connectivity index (χ4n) is 1.89. The van der Waals surface area contributed by atoms with Crippen LogP contribution in [0, 0.1) is 6.92 Å². The quantitative estimate of drug-likeness (QED) is 0.862. The van der Waals surface area contributed by atoms with Crippen molar-refractivity contribution in [2.24, 2.45) is 0 Å². The van der Waals surface area contributed by atoms with Crippen LogP contribution in [0.4, 0.5) is 5.69 Å². The second-order valence-corrected chi connectivity index (χ2v) is 5.21. The first-order valence-corrected chi connectivity index (χ1v) is 7.18. The zero-order valence-electron chi connectivity index (χ0n) is 11.9. The molecule has 1 heterocycles. The van der Waals surface area contributed by atoms with Gasteiger partial charge in [-0.2, -0.15) is 0 Å². The number of carbonyl (C=O) groups is 1. The lowest BCUT2D eigenvalue weighted by Gasteiger charge is -2.10. The Labute approximate surface area is 129 Å². The molecule has 1 amide bonds. The second kappa shape index (κ2) is 7.64. The van der Waals surface area contributed by atoms with Gasteiger partial charge in [0.2, 0.25) is 5.91 Å². The number of benzene rings is 1. The zero-order valence-corrected chi connectivity index (χ0v) is 12.7. The number of nitrogens with one attached hydrogen (secondary N) is 2. The molecule has 1 aromatic carbocycles. The van der Waals surface area contributed by atoms with Crippen LogP contribution >= 0.6 is 11.6 Å². The summed E-state index contributed by atoms with van der Waals surface area (Å²) in [7, 11) is 0. The van der Waals surface area contributed by atoms with Crippen molar-refractivity contribution >= 4 is 23.2 Å². The van der Waals surface area contributed by atoms with E-state index < -0.39 is 0 Å². The van der Waals surface area contributed by atoms with Crippen LogP contribution in [0.25, 0.3) is 0 Å². The number of anilines is 1. The van der Waals surface area contributed by atoms with E-state index in [4.69, 9.17) is 11.6 Å². The maximum Gasteiger partial charge on any atom is 0.222 e. The first-order chi connectivity index (χ1) is 10.1. The van der Waals surface area contributed by atoms with E-state index in [0.29, 0.717) is 24.5 Å². The van der Waals surface area contributed by atoms with E-state index in [2.05, 4.69) is 15.6 Å². The van der Waals surface area contributed by atoms with Crippen LogP contribution in [0.1, 0.15) is 17.5 Å². The number of amides is 1. The molecule has 1 aromatic heterocycles. The first kappa shape index (κ1) is 15.3. The number of aryl methyl sites for hydroxylation is 1. The zero-order chi connectivity index (χ0) is 15.1. The maximum absolute atomic E-state index is 11.8. The molecule has 2 N–H and O–H groups in total. The molecule has 0 aliphatic heterocycles. The van der Waals surface area contributed by atoms with Crippen molar-refractivity contribution in [3.8, 4) is 0 Å². The Morgan fingerprint density at radius 3 is 2.95 bits per heavy atom. The molecule has 0 radical (unpaired) electrons. The normalized spacial score (nSPS) is 10.2. The van der Waals surface area contributed by atoms with Crippen molar-refractivity contribution in [1.29, 1.82) is 0 Å². The fraction of sp³-hybridized carbons (Fsp3) is 0.250. The van der Waals surface area contributed by atoms with Crippen molar-refractivity contribution in [2.45, 2.75) is 19.9 Å². The number of rotatable bonds is 6. The highest BCUT2D eigenvalue weighted by molar-refractivity contribution is 6.30. The minimum absolute atomic E-state index is 0.00559. The van der Waals surface area contributed by atoms with Gasteiger partial charge in [0.1, 0.15) is 0 Å². The third kappa shape index (κ3) is 5.08. The highest BCUT2D eigenvalue weighted by atomic mass is 35.5. The SMILES string of the molecule is Cc1ccc(Cl)cc1NCCC(=O)NCc1cccnc1. The summed E-state index contributed by atoms with van der Waals surface area (Å²) in [6.07, 6.45) is 3.86. The summed E-state index contributed by atoms with van der Waals surface area (Å²) >= 11 is 5.95. The van der Waals surface area contributed by atoms with Gasteiger partial charge in [-0.3, -0.25) is 9.78 Å². The van der Waals surface area contributed by atoms with Gasteiger partial charge in [0.05, 0.1) is 0 Å². The van der Waals surface area contributed by atoms with Gasteiger partial charge in [-0.15, -0.1) is 0 Å². The van der Waals surface area contributed by atoms with Crippen molar-refractivity contribution in [3.63, 3.8) is 0 Å². The van der Waals surface area contributed by atoms with Crippen molar-refractivity contribution in [2.75, 3.05) is 11.9 Å². The van der Waals surface area contributed by atoms with Crippen LogP contribution in [0.15, 0.2) is 42.7 Å². The Kier molecular flexibility index (Phi) is 5.58. The standard InChI is InChI=1S/C16H18ClN3O/c1-12-4-5-14(17)9-15(12)19-8-6-16(21)20-11-13-3-2-7-18-10-13/h2-5,7,9-10,19H,6,8,11H2,1H3,(H,20,21). The third-order valence-corrected chi connectivity index (χ3v) is 3.31. The number of aromatic nitrogens is 1. The first-order valence-electron chi connectivity index (χ1n) is 6.81. The number of nitrogens with zero attached hydrogens (tertiary/aromatic N) is 1. The van der Waals surface area contributed by atoms with Gasteiger partial charge < -0.3 is 10.6 Å².